The predicted molar refractivity (Wildman–Crippen MR) is 101 cm³/mol. The molecule has 1 amide bonds. The minimum Gasteiger partial charge on any atom is -0.494 e. The molecule has 0 radical (unpaired) electrons. The van der Waals surface area contributed by atoms with Crippen LogP contribution >= 0.6 is 0 Å². The van der Waals surface area contributed by atoms with Crippen molar-refractivity contribution in [2.24, 2.45) is 0 Å². The molecule has 2 aromatic rings. The summed E-state index contributed by atoms with van der Waals surface area (Å²) in [6.45, 7) is 2.58. The van der Waals surface area contributed by atoms with Crippen LogP contribution < -0.4 is 14.4 Å². The third kappa shape index (κ3) is 6.03. The van der Waals surface area contributed by atoms with Crippen molar-refractivity contribution in [2.75, 3.05) is 23.7 Å². The maximum Gasteiger partial charge on any atom is 0.241 e. The molecule has 1 aromatic carbocycles. The summed E-state index contributed by atoms with van der Waals surface area (Å²) in [5.41, 5.74) is 1.25. The van der Waals surface area contributed by atoms with E-state index in [0.717, 1.165) is 22.5 Å². The van der Waals surface area contributed by atoms with Crippen LogP contribution in [0, 0.1) is 0 Å². The predicted octanol–water partition coefficient (Wildman–Crippen LogP) is 1.95. The molecule has 1 heterocycles. The molecular formula is C18H23N3O4S. The smallest absolute Gasteiger partial charge is 0.241 e. The first-order valence-corrected chi connectivity index (χ1v) is 10.1. The van der Waals surface area contributed by atoms with Crippen LogP contribution in [0.25, 0.3) is 0 Å². The number of nitrogens with zero attached hydrogens (tertiary/aromatic N) is 2. The van der Waals surface area contributed by atoms with E-state index in [4.69, 9.17) is 4.74 Å². The lowest BCUT2D eigenvalue weighted by atomic mass is 10.3. The van der Waals surface area contributed by atoms with Gasteiger partial charge in [-0.05, 0) is 42.3 Å². The molecule has 8 heteroatoms. The van der Waals surface area contributed by atoms with Gasteiger partial charge in [-0.1, -0.05) is 13.0 Å². The van der Waals surface area contributed by atoms with Gasteiger partial charge >= 0.3 is 0 Å². The highest BCUT2D eigenvalue weighted by Gasteiger charge is 2.20. The van der Waals surface area contributed by atoms with E-state index in [1.165, 1.54) is 0 Å². The molecule has 1 aromatic heterocycles. The normalized spacial score (nSPS) is 11.0. The van der Waals surface area contributed by atoms with Crippen molar-refractivity contribution in [3.8, 4) is 5.75 Å². The highest BCUT2D eigenvalue weighted by Crippen LogP contribution is 2.21. The van der Waals surface area contributed by atoms with Crippen LogP contribution in [-0.2, 0) is 21.4 Å². The summed E-state index contributed by atoms with van der Waals surface area (Å²) in [5, 5.41) is 2.70. The Labute approximate surface area is 154 Å². The second-order valence-electron chi connectivity index (χ2n) is 5.75. The molecule has 140 valence electrons. The summed E-state index contributed by atoms with van der Waals surface area (Å²) in [6, 6.07) is 10.2. The van der Waals surface area contributed by atoms with Crippen LogP contribution in [0.1, 0.15) is 18.9 Å². The number of nitrogens with one attached hydrogen (secondary N) is 1. The van der Waals surface area contributed by atoms with E-state index < -0.39 is 15.9 Å². The van der Waals surface area contributed by atoms with Gasteiger partial charge in [0, 0.05) is 18.9 Å². The average Bonchev–Trinajstić information content (AvgIpc) is 2.63. The fourth-order valence-electron chi connectivity index (χ4n) is 2.22. The van der Waals surface area contributed by atoms with Crippen molar-refractivity contribution in [1.29, 1.82) is 0 Å². The molecule has 0 spiro atoms. The SMILES string of the molecule is CCCOc1ccc(N(CC(=O)NCc2cccnc2)S(C)(=O)=O)cc1. The molecule has 7 nitrogen and oxygen atoms in total. The lowest BCUT2D eigenvalue weighted by Crippen LogP contribution is -2.40. The Hall–Kier alpha value is -2.61. The lowest BCUT2D eigenvalue weighted by Gasteiger charge is -2.22. The van der Waals surface area contributed by atoms with Crippen LogP contribution in [0.5, 0.6) is 5.75 Å². The molecule has 0 aliphatic heterocycles. The van der Waals surface area contributed by atoms with Crippen molar-refractivity contribution in [2.45, 2.75) is 19.9 Å². The van der Waals surface area contributed by atoms with Gasteiger partial charge in [0.1, 0.15) is 12.3 Å². The first kappa shape index (κ1) is 19.7. The van der Waals surface area contributed by atoms with Crippen molar-refractivity contribution in [3.63, 3.8) is 0 Å². The van der Waals surface area contributed by atoms with Gasteiger partial charge in [-0.2, -0.15) is 0 Å². The zero-order chi connectivity index (χ0) is 19.0. The summed E-state index contributed by atoms with van der Waals surface area (Å²) < 4.78 is 30.8. The number of hydrogen-bond donors (Lipinski definition) is 1. The summed E-state index contributed by atoms with van der Waals surface area (Å²) in [6.07, 6.45) is 5.24. The maximum absolute atomic E-state index is 12.2. The van der Waals surface area contributed by atoms with Gasteiger partial charge in [0.15, 0.2) is 0 Å². The van der Waals surface area contributed by atoms with Gasteiger partial charge < -0.3 is 10.1 Å². The molecule has 0 saturated carbocycles. The zero-order valence-corrected chi connectivity index (χ0v) is 15.7. The van der Waals surface area contributed by atoms with Gasteiger partial charge in [0.25, 0.3) is 0 Å². The number of carbonyl (C=O) groups is 1. The van der Waals surface area contributed by atoms with Gasteiger partial charge in [0.05, 0.1) is 18.6 Å². The molecule has 0 fully saturated rings. The Morgan fingerprint density at radius 3 is 2.54 bits per heavy atom. The number of pyridine rings is 1. The molecule has 26 heavy (non-hydrogen) atoms. The molecule has 0 saturated heterocycles. The molecular weight excluding hydrogens is 354 g/mol. The summed E-state index contributed by atoms with van der Waals surface area (Å²) in [4.78, 5) is 16.2. The first-order chi connectivity index (χ1) is 12.4. The van der Waals surface area contributed by atoms with Gasteiger partial charge in [0.2, 0.25) is 15.9 Å². The Kier molecular flexibility index (Phi) is 6.97. The second-order valence-corrected chi connectivity index (χ2v) is 7.66. The van der Waals surface area contributed by atoms with Crippen molar-refractivity contribution < 1.29 is 17.9 Å². The van der Waals surface area contributed by atoms with Gasteiger partial charge in [-0.3, -0.25) is 14.1 Å². The number of benzene rings is 1. The van der Waals surface area contributed by atoms with E-state index in [1.54, 1.807) is 42.7 Å². The van der Waals surface area contributed by atoms with Crippen LogP contribution in [0.3, 0.4) is 0 Å². The fraction of sp³-hybridized carbons (Fsp3) is 0.333. The Bertz CT molecular complexity index is 808. The monoisotopic (exact) mass is 377 g/mol. The molecule has 0 aliphatic carbocycles. The number of amides is 1. The molecule has 0 bridgehead atoms. The third-order valence-electron chi connectivity index (χ3n) is 3.50. The Balaban J connectivity index is 2.04. The number of ether oxygens (including phenoxy) is 1. The van der Waals surface area contributed by atoms with E-state index in [0.29, 0.717) is 18.0 Å². The number of anilines is 1. The maximum atomic E-state index is 12.2. The second kappa shape index (κ2) is 9.19. The molecule has 1 N–H and O–H groups in total. The molecule has 0 unspecified atom stereocenters. The number of hydrogen-bond acceptors (Lipinski definition) is 5. The minimum atomic E-state index is -3.61. The van der Waals surface area contributed by atoms with Crippen LogP contribution in [0.15, 0.2) is 48.8 Å². The molecule has 0 atom stereocenters. The van der Waals surface area contributed by atoms with E-state index in [1.807, 2.05) is 13.0 Å². The van der Waals surface area contributed by atoms with Crippen LogP contribution in [0.4, 0.5) is 5.69 Å². The van der Waals surface area contributed by atoms with Crippen molar-refractivity contribution >= 4 is 21.6 Å². The number of sulfonamides is 1. The topological polar surface area (TPSA) is 88.6 Å². The van der Waals surface area contributed by atoms with E-state index in [9.17, 15) is 13.2 Å². The molecule has 0 aliphatic rings. The van der Waals surface area contributed by atoms with Gasteiger partial charge in [-0.25, -0.2) is 8.42 Å². The number of aromatic nitrogens is 1. The number of carbonyl (C=O) groups excluding carboxylic acids is 1. The third-order valence-corrected chi connectivity index (χ3v) is 4.64. The molecule has 2 rings (SSSR count). The summed E-state index contributed by atoms with van der Waals surface area (Å²) in [5.74, 6) is 0.260. The minimum absolute atomic E-state index is 0.286. The van der Waals surface area contributed by atoms with E-state index in [-0.39, 0.29) is 13.1 Å². The highest BCUT2D eigenvalue weighted by atomic mass is 32.2. The van der Waals surface area contributed by atoms with E-state index >= 15 is 0 Å². The standard InChI is InChI=1S/C18H23N3O4S/c1-3-11-25-17-8-6-16(7-9-17)21(26(2,23)24)14-18(22)20-13-15-5-4-10-19-12-15/h4-10,12H,3,11,13-14H2,1-2H3,(H,20,22). The largest absolute Gasteiger partial charge is 0.494 e. The lowest BCUT2D eigenvalue weighted by molar-refractivity contribution is -0.119. The Morgan fingerprint density at radius 2 is 1.96 bits per heavy atom. The summed E-state index contributed by atoms with van der Waals surface area (Å²) >= 11 is 0. The first-order valence-electron chi connectivity index (χ1n) is 8.26. The van der Waals surface area contributed by atoms with Crippen LogP contribution in [-0.4, -0.2) is 38.7 Å². The fourth-order valence-corrected chi connectivity index (χ4v) is 3.07. The quantitative estimate of drug-likeness (QED) is 0.722. The highest BCUT2D eigenvalue weighted by molar-refractivity contribution is 7.92. The number of rotatable bonds is 9. The Morgan fingerprint density at radius 1 is 1.23 bits per heavy atom. The van der Waals surface area contributed by atoms with Crippen molar-refractivity contribution in [1.82, 2.24) is 10.3 Å². The summed E-state index contributed by atoms with van der Waals surface area (Å²) in [7, 11) is -3.61. The van der Waals surface area contributed by atoms with E-state index in [2.05, 4.69) is 10.3 Å². The van der Waals surface area contributed by atoms with Gasteiger partial charge in [-0.15, -0.1) is 0 Å². The average molecular weight is 377 g/mol. The van der Waals surface area contributed by atoms with Crippen LogP contribution in [0.2, 0.25) is 0 Å². The zero-order valence-electron chi connectivity index (χ0n) is 14.9. The van der Waals surface area contributed by atoms with Crippen molar-refractivity contribution in [3.05, 3.63) is 54.4 Å².